The highest BCUT2D eigenvalue weighted by molar-refractivity contribution is 5.78. The number of nitrogens with one attached hydrogen (secondary N) is 1. The first-order chi connectivity index (χ1) is 11.3. The Balaban J connectivity index is 0.00000208. The summed E-state index contributed by atoms with van der Waals surface area (Å²) < 4.78 is 5.89. The van der Waals surface area contributed by atoms with Crippen molar-refractivity contribution in [1.29, 1.82) is 0 Å². The van der Waals surface area contributed by atoms with Gasteiger partial charge >= 0.3 is 0 Å². The standard InChI is InChI=1S/C21H23NO.H2/c1-3-4-9-14-22-16(2)23-15-21-19-12-7-5-10-17(19)18-11-6-8-13-20(18)21;/h3,5-8,10-13,21-22H,1-2,4,9,14-15H2;1H. The minimum Gasteiger partial charge on any atom is -0.479 e. The molecule has 0 heterocycles. The number of hydrogen-bond donors (Lipinski definition) is 1. The molecule has 0 unspecified atom stereocenters. The molecule has 120 valence electrons. The molecule has 0 bridgehead atoms. The van der Waals surface area contributed by atoms with Gasteiger partial charge in [0.25, 0.3) is 0 Å². The average Bonchev–Trinajstić information content (AvgIpc) is 2.91. The van der Waals surface area contributed by atoms with Gasteiger partial charge in [-0.05, 0) is 41.7 Å². The highest BCUT2D eigenvalue weighted by Gasteiger charge is 2.28. The number of fused-ring (bicyclic) bond motifs is 3. The van der Waals surface area contributed by atoms with Crippen LogP contribution in [-0.2, 0) is 4.74 Å². The molecule has 2 aromatic rings. The lowest BCUT2D eigenvalue weighted by Gasteiger charge is -2.17. The van der Waals surface area contributed by atoms with E-state index < -0.39 is 0 Å². The Morgan fingerprint density at radius 1 is 1.09 bits per heavy atom. The van der Waals surface area contributed by atoms with Crippen LogP contribution in [-0.4, -0.2) is 13.2 Å². The summed E-state index contributed by atoms with van der Waals surface area (Å²) in [4.78, 5) is 0. The molecule has 1 aliphatic rings. The summed E-state index contributed by atoms with van der Waals surface area (Å²) in [6.45, 7) is 9.17. The molecule has 0 atom stereocenters. The van der Waals surface area contributed by atoms with Gasteiger partial charge in [-0.3, -0.25) is 0 Å². The zero-order valence-corrected chi connectivity index (χ0v) is 13.4. The third kappa shape index (κ3) is 3.31. The zero-order chi connectivity index (χ0) is 16.1. The molecule has 1 aliphatic carbocycles. The maximum absolute atomic E-state index is 5.89. The van der Waals surface area contributed by atoms with Crippen molar-refractivity contribution in [1.82, 2.24) is 5.32 Å². The largest absolute Gasteiger partial charge is 0.479 e. The quantitative estimate of drug-likeness (QED) is 0.417. The number of unbranched alkanes of at least 4 members (excludes halogenated alkanes) is 1. The van der Waals surface area contributed by atoms with Crippen LogP contribution in [0.1, 0.15) is 31.3 Å². The molecule has 3 rings (SSSR count). The van der Waals surface area contributed by atoms with E-state index in [1.54, 1.807) is 0 Å². The summed E-state index contributed by atoms with van der Waals surface area (Å²) in [5, 5.41) is 3.22. The van der Waals surface area contributed by atoms with Gasteiger partial charge in [-0.1, -0.05) is 54.6 Å². The number of benzene rings is 2. The van der Waals surface area contributed by atoms with Gasteiger partial charge in [0.05, 0.1) is 0 Å². The van der Waals surface area contributed by atoms with Gasteiger partial charge in [0.2, 0.25) is 0 Å². The van der Waals surface area contributed by atoms with Crippen LogP contribution in [0.25, 0.3) is 11.1 Å². The Kier molecular flexibility index (Phi) is 4.82. The molecule has 0 radical (unpaired) electrons. The molecule has 1 N–H and O–H groups in total. The molecule has 0 saturated carbocycles. The normalized spacial score (nSPS) is 12.3. The fraction of sp³-hybridized carbons (Fsp3) is 0.238. The second-order valence-corrected chi connectivity index (χ2v) is 5.82. The summed E-state index contributed by atoms with van der Waals surface area (Å²) in [5.74, 6) is 0.921. The fourth-order valence-corrected chi connectivity index (χ4v) is 3.15. The van der Waals surface area contributed by atoms with Crippen molar-refractivity contribution in [2.45, 2.75) is 18.8 Å². The Morgan fingerprint density at radius 2 is 1.70 bits per heavy atom. The van der Waals surface area contributed by atoms with Gasteiger partial charge < -0.3 is 10.1 Å². The highest BCUT2D eigenvalue weighted by atomic mass is 16.5. The van der Waals surface area contributed by atoms with Crippen LogP contribution in [0, 0.1) is 0 Å². The van der Waals surface area contributed by atoms with Crippen molar-refractivity contribution in [3.05, 3.63) is 84.8 Å². The SMILES string of the molecule is C=CCCCNC(=C)OCC1c2ccccc2-c2ccccc21.[HH]. The first-order valence-corrected chi connectivity index (χ1v) is 8.16. The molecule has 2 aromatic carbocycles. The number of hydrogen-bond acceptors (Lipinski definition) is 2. The number of allylic oxidation sites excluding steroid dienone is 1. The van der Waals surface area contributed by atoms with Gasteiger partial charge in [-0.25, -0.2) is 0 Å². The number of rotatable bonds is 8. The summed E-state index contributed by atoms with van der Waals surface area (Å²) in [5.41, 5.74) is 5.32. The first-order valence-electron chi connectivity index (χ1n) is 8.16. The average molecular weight is 307 g/mol. The molecule has 0 fully saturated rings. The summed E-state index contributed by atoms with van der Waals surface area (Å²) in [6, 6.07) is 17.2. The van der Waals surface area contributed by atoms with Crippen LogP contribution in [0.4, 0.5) is 0 Å². The second-order valence-electron chi connectivity index (χ2n) is 5.82. The molecule has 2 nitrogen and oxygen atoms in total. The van der Waals surface area contributed by atoms with Crippen molar-refractivity contribution in [3.8, 4) is 11.1 Å². The third-order valence-corrected chi connectivity index (χ3v) is 4.29. The lowest BCUT2D eigenvalue weighted by atomic mass is 9.98. The van der Waals surface area contributed by atoms with E-state index in [1.807, 2.05) is 6.08 Å². The molecular formula is C21H25NO. The van der Waals surface area contributed by atoms with Gasteiger partial charge in [-0.15, -0.1) is 6.58 Å². The summed E-state index contributed by atoms with van der Waals surface area (Å²) in [7, 11) is 0. The van der Waals surface area contributed by atoms with E-state index in [4.69, 9.17) is 4.74 Å². The van der Waals surface area contributed by atoms with E-state index in [1.165, 1.54) is 22.3 Å². The van der Waals surface area contributed by atoms with Crippen molar-refractivity contribution in [2.75, 3.05) is 13.2 Å². The summed E-state index contributed by atoms with van der Waals surface area (Å²) in [6.07, 6.45) is 3.97. The lowest BCUT2D eigenvalue weighted by molar-refractivity contribution is 0.184. The van der Waals surface area contributed by atoms with E-state index in [-0.39, 0.29) is 7.34 Å². The van der Waals surface area contributed by atoms with Crippen molar-refractivity contribution in [3.63, 3.8) is 0 Å². The minimum absolute atomic E-state index is 0. The van der Waals surface area contributed by atoms with Crippen LogP contribution in [0.15, 0.2) is 73.6 Å². The second kappa shape index (κ2) is 7.19. The van der Waals surface area contributed by atoms with E-state index in [0.717, 1.165) is 19.4 Å². The predicted octanol–water partition coefficient (Wildman–Crippen LogP) is 5.09. The zero-order valence-electron chi connectivity index (χ0n) is 13.4. The van der Waals surface area contributed by atoms with E-state index >= 15 is 0 Å². The van der Waals surface area contributed by atoms with Gasteiger partial charge in [0.15, 0.2) is 5.88 Å². The maximum atomic E-state index is 5.89. The smallest absolute Gasteiger partial charge is 0.179 e. The molecule has 2 heteroatoms. The Labute approximate surface area is 140 Å². The monoisotopic (exact) mass is 307 g/mol. The maximum Gasteiger partial charge on any atom is 0.179 e. The van der Waals surface area contributed by atoms with Crippen molar-refractivity contribution < 1.29 is 6.16 Å². The molecule has 0 saturated heterocycles. The van der Waals surface area contributed by atoms with Crippen LogP contribution in [0.5, 0.6) is 0 Å². The fourth-order valence-electron chi connectivity index (χ4n) is 3.15. The van der Waals surface area contributed by atoms with Crippen LogP contribution >= 0.6 is 0 Å². The van der Waals surface area contributed by atoms with Crippen molar-refractivity contribution >= 4 is 0 Å². The topological polar surface area (TPSA) is 21.3 Å². The summed E-state index contributed by atoms with van der Waals surface area (Å²) >= 11 is 0. The van der Waals surface area contributed by atoms with Crippen LogP contribution in [0.3, 0.4) is 0 Å². The van der Waals surface area contributed by atoms with E-state index in [9.17, 15) is 0 Å². The van der Waals surface area contributed by atoms with Crippen LogP contribution in [0.2, 0.25) is 0 Å². The number of ether oxygens (including phenoxy) is 1. The third-order valence-electron chi connectivity index (χ3n) is 4.29. The highest BCUT2D eigenvalue weighted by Crippen LogP contribution is 2.44. The molecule has 23 heavy (non-hydrogen) atoms. The van der Waals surface area contributed by atoms with Gasteiger partial charge in [0, 0.05) is 13.9 Å². The van der Waals surface area contributed by atoms with Crippen LogP contribution < -0.4 is 5.32 Å². The van der Waals surface area contributed by atoms with Gasteiger partial charge in [0.1, 0.15) is 6.61 Å². The Hall–Kier alpha value is -2.48. The lowest BCUT2D eigenvalue weighted by Crippen LogP contribution is -2.18. The molecule has 0 amide bonds. The van der Waals surface area contributed by atoms with Crippen molar-refractivity contribution in [2.24, 2.45) is 0 Å². The van der Waals surface area contributed by atoms with E-state index in [0.29, 0.717) is 12.5 Å². The Morgan fingerprint density at radius 3 is 2.30 bits per heavy atom. The molecule has 0 aromatic heterocycles. The predicted molar refractivity (Wildman–Crippen MR) is 98.4 cm³/mol. The van der Waals surface area contributed by atoms with Gasteiger partial charge in [-0.2, -0.15) is 0 Å². The Bertz CT molecular complexity index is 665. The molecule has 0 spiro atoms. The molecular weight excluding hydrogens is 282 g/mol. The van der Waals surface area contributed by atoms with E-state index in [2.05, 4.69) is 67.0 Å². The first kappa shape index (κ1) is 15.4. The minimum atomic E-state index is 0. The molecule has 0 aliphatic heterocycles.